The Kier molecular flexibility index (Phi) is 5.25. The smallest absolute Gasteiger partial charge is 0.381 e. The molecule has 1 heterocycles. The minimum Gasteiger partial charge on any atom is -0.459 e. The average Bonchev–Trinajstić information content (AvgIpc) is 2.95. The number of hydrogen-bond acceptors (Lipinski definition) is 6. The molecule has 0 fully saturated rings. The summed E-state index contributed by atoms with van der Waals surface area (Å²) >= 11 is 0. The molecule has 9 heteroatoms. The van der Waals surface area contributed by atoms with E-state index in [2.05, 4.69) is 10.3 Å². The predicted octanol–water partition coefficient (Wildman–Crippen LogP) is 2.00. The van der Waals surface area contributed by atoms with E-state index in [1.807, 2.05) is 0 Å². The summed E-state index contributed by atoms with van der Waals surface area (Å²) in [5, 5.41) is 13.2. The predicted molar refractivity (Wildman–Crippen MR) is 84.5 cm³/mol. The molecule has 0 radical (unpaired) electrons. The molecule has 9 nitrogen and oxygen atoms in total. The maximum atomic E-state index is 11.9. The van der Waals surface area contributed by atoms with Gasteiger partial charge in [-0.15, -0.1) is 0 Å². The highest BCUT2D eigenvalue weighted by Crippen LogP contribution is 2.12. The number of anilines is 1. The van der Waals surface area contributed by atoms with Crippen LogP contribution in [0.2, 0.25) is 0 Å². The van der Waals surface area contributed by atoms with Crippen LogP contribution in [0.4, 0.5) is 11.5 Å². The van der Waals surface area contributed by atoms with E-state index in [0.29, 0.717) is 11.3 Å². The zero-order valence-electron chi connectivity index (χ0n) is 13.1. The summed E-state index contributed by atoms with van der Waals surface area (Å²) < 4.78 is 6.37. The largest absolute Gasteiger partial charge is 0.459 e. The number of amides is 1. The summed E-state index contributed by atoms with van der Waals surface area (Å²) in [6.45, 7) is 3.40. The summed E-state index contributed by atoms with van der Waals surface area (Å²) in [6.07, 6.45) is 2.17. The Balaban J connectivity index is 1.94. The molecule has 0 atom stereocenters. The van der Waals surface area contributed by atoms with Crippen molar-refractivity contribution in [3.63, 3.8) is 0 Å². The van der Waals surface area contributed by atoms with Crippen molar-refractivity contribution in [1.82, 2.24) is 9.55 Å². The number of ether oxygens (including phenoxy) is 1. The maximum Gasteiger partial charge on any atom is 0.381 e. The van der Waals surface area contributed by atoms with E-state index in [-0.39, 0.29) is 24.4 Å². The second kappa shape index (κ2) is 7.36. The number of nitro groups is 1. The van der Waals surface area contributed by atoms with Gasteiger partial charge >= 0.3 is 11.8 Å². The molecule has 0 saturated heterocycles. The van der Waals surface area contributed by atoms with Gasteiger partial charge in [0.05, 0.1) is 11.7 Å². The average molecular weight is 332 g/mol. The molecule has 1 aromatic carbocycles. The molecule has 0 saturated carbocycles. The van der Waals surface area contributed by atoms with Crippen LogP contribution in [0.3, 0.4) is 0 Å². The third kappa shape index (κ3) is 4.63. The molecule has 24 heavy (non-hydrogen) atoms. The zero-order valence-corrected chi connectivity index (χ0v) is 13.1. The molecule has 1 N–H and O–H groups in total. The van der Waals surface area contributed by atoms with Gasteiger partial charge in [-0.2, -0.15) is 0 Å². The lowest BCUT2D eigenvalue weighted by Gasteiger charge is -2.09. The molecule has 0 unspecified atom stereocenters. The van der Waals surface area contributed by atoms with Gasteiger partial charge in [-0.3, -0.25) is 4.79 Å². The fourth-order valence-electron chi connectivity index (χ4n) is 1.87. The number of nitrogens with one attached hydrogen (secondary N) is 1. The van der Waals surface area contributed by atoms with Crippen molar-refractivity contribution in [2.75, 3.05) is 5.32 Å². The normalized spacial score (nSPS) is 10.5. The summed E-state index contributed by atoms with van der Waals surface area (Å²) in [7, 11) is 0. The minimum atomic E-state index is -0.636. The van der Waals surface area contributed by atoms with Crippen LogP contribution in [-0.2, 0) is 16.1 Å². The quantitative estimate of drug-likeness (QED) is 0.491. The Morgan fingerprint density at radius 2 is 2.00 bits per heavy atom. The van der Waals surface area contributed by atoms with E-state index in [1.54, 1.807) is 38.1 Å². The Labute approximate surface area is 137 Å². The van der Waals surface area contributed by atoms with Crippen molar-refractivity contribution in [3.8, 4) is 0 Å². The summed E-state index contributed by atoms with van der Waals surface area (Å²) in [4.78, 5) is 37.1. The van der Waals surface area contributed by atoms with Gasteiger partial charge in [-0.05, 0) is 48.0 Å². The number of imidazole rings is 1. The van der Waals surface area contributed by atoms with Crippen molar-refractivity contribution >= 4 is 23.4 Å². The molecule has 0 bridgehead atoms. The fraction of sp³-hybridized carbons (Fsp3) is 0.267. The van der Waals surface area contributed by atoms with Crippen LogP contribution in [0.5, 0.6) is 0 Å². The van der Waals surface area contributed by atoms with Crippen LogP contribution in [0.1, 0.15) is 24.2 Å². The molecule has 2 rings (SSSR count). The molecule has 1 amide bonds. The van der Waals surface area contributed by atoms with Crippen LogP contribution >= 0.6 is 0 Å². The number of esters is 1. The van der Waals surface area contributed by atoms with Gasteiger partial charge in [-0.1, -0.05) is 0 Å². The van der Waals surface area contributed by atoms with E-state index in [0.717, 1.165) is 0 Å². The van der Waals surface area contributed by atoms with Gasteiger partial charge < -0.3 is 24.7 Å². The highest BCUT2D eigenvalue weighted by atomic mass is 16.6. The maximum absolute atomic E-state index is 11.9. The third-order valence-corrected chi connectivity index (χ3v) is 2.88. The highest BCUT2D eigenvalue weighted by molar-refractivity contribution is 5.93. The summed E-state index contributed by atoms with van der Waals surface area (Å²) in [5.41, 5.74) is 0.877. The number of nitrogens with zero attached hydrogens (tertiary/aromatic N) is 3. The standard InChI is InChI=1S/C15H16N4O5/c1-10(2)24-15(21)11-3-5-12(6-4-11)17-14(20)8-18-7-13(16-9-18)19(22)23/h3-7,9-10H,8H2,1-2H3,(H,17,20). The molecule has 126 valence electrons. The van der Waals surface area contributed by atoms with Gasteiger partial charge in [-0.25, -0.2) is 4.79 Å². The number of benzene rings is 1. The van der Waals surface area contributed by atoms with Gasteiger partial charge in [0.2, 0.25) is 12.2 Å². The van der Waals surface area contributed by atoms with Crippen molar-refractivity contribution in [2.45, 2.75) is 26.5 Å². The van der Waals surface area contributed by atoms with E-state index in [9.17, 15) is 19.7 Å². The Morgan fingerprint density at radius 1 is 1.33 bits per heavy atom. The van der Waals surface area contributed by atoms with Crippen LogP contribution in [0.15, 0.2) is 36.8 Å². The molecule has 0 aliphatic heterocycles. The SMILES string of the molecule is CC(C)OC(=O)c1ccc(NC(=O)Cn2cnc([N+](=O)[O-])c2)cc1. The minimum absolute atomic E-state index is 0.113. The Morgan fingerprint density at radius 3 is 2.54 bits per heavy atom. The zero-order chi connectivity index (χ0) is 17.7. The molecule has 0 aliphatic carbocycles. The van der Waals surface area contributed by atoms with Crippen molar-refractivity contribution < 1.29 is 19.2 Å². The lowest BCUT2D eigenvalue weighted by Crippen LogP contribution is -2.18. The van der Waals surface area contributed by atoms with Crippen LogP contribution in [0, 0.1) is 10.1 Å². The fourth-order valence-corrected chi connectivity index (χ4v) is 1.87. The Bertz CT molecular complexity index is 751. The first-order chi connectivity index (χ1) is 11.3. The third-order valence-electron chi connectivity index (χ3n) is 2.88. The Hall–Kier alpha value is -3.23. The summed E-state index contributed by atoms with van der Waals surface area (Å²) in [5.74, 6) is -1.13. The highest BCUT2D eigenvalue weighted by Gasteiger charge is 2.13. The van der Waals surface area contributed by atoms with E-state index in [1.165, 1.54) is 17.1 Å². The number of aromatic nitrogens is 2. The van der Waals surface area contributed by atoms with Gasteiger partial charge in [0.15, 0.2) is 0 Å². The molecular formula is C15H16N4O5. The second-order valence-corrected chi connectivity index (χ2v) is 5.24. The number of hydrogen-bond donors (Lipinski definition) is 1. The molecular weight excluding hydrogens is 316 g/mol. The monoisotopic (exact) mass is 332 g/mol. The first kappa shape index (κ1) is 17.1. The van der Waals surface area contributed by atoms with E-state index in [4.69, 9.17) is 4.74 Å². The van der Waals surface area contributed by atoms with E-state index < -0.39 is 10.9 Å². The topological polar surface area (TPSA) is 116 Å². The lowest BCUT2D eigenvalue weighted by molar-refractivity contribution is -0.389. The second-order valence-electron chi connectivity index (χ2n) is 5.24. The van der Waals surface area contributed by atoms with Crippen LogP contribution in [0.25, 0.3) is 0 Å². The van der Waals surface area contributed by atoms with Gasteiger partial charge in [0, 0.05) is 5.69 Å². The van der Waals surface area contributed by atoms with Crippen LogP contribution < -0.4 is 5.32 Å². The van der Waals surface area contributed by atoms with Gasteiger partial charge in [0.1, 0.15) is 12.7 Å². The number of carbonyl (C=O) groups is 2. The van der Waals surface area contributed by atoms with Crippen LogP contribution in [-0.4, -0.2) is 32.5 Å². The molecule has 0 spiro atoms. The lowest BCUT2D eigenvalue weighted by atomic mass is 10.2. The summed E-state index contributed by atoms with van der Waals surface area (Å²) in [6, 6.07) is 6.24. The van der Waals surface area contributed by atoms with Crippen molar-refractivity contribution in [3.05, 3.63) is 52.5 Å². The van der Waals surface area contributed by atoms with Crippen molar-refractivity contribution in [2.24, 2.45) is 0 Å². The first-order valence-electron chi connectivity index (χ1n) is 7.12. The van der Waals surface area contributed by atoms with E-state index >= 15 is 0 Å². The van der Waals surface area contributed by atoms with Crippen molar-refractivity contribution in [1.29, 1.82) is 0 Å². The molecule has 2 aromatic rings. The number of rotatable bonds is 6. The first-order valence-corrected chi connectivity index (χ1v) is 7.12. The number of carbonyl (C=O) groups excluding carboxylic acids is 2. The molecule has 1 aromatic heterocycles. The molecule has 0 aliphatic rings. The van der Waals surface area contributed by atoms with Gasteiger partial charge in [0.25, 0.3) is 0 Å².